The van der Waals surface area contributed by atoms with Crippen LogP contribution in [0.4, 0.5) is 4.39 Å². The summed E-state index contributed by atoms with van der Waals surface area (Å²) in [5, 5.41) is 0. The molecule has 1 spiro atoms. The summed E-state index contributed by atoms with van der Waals surface area (Å²) in [5.74, 6) is 0.0450. The summed E-state index contributed by atoms with van der Waals surface area (Å²) in [6, 6.07) is 6.59. The molecule has 1 aromatic carbocycles. The van der Waals surface area contributed by atoms with Gasteiger partial charge in [0.1, 0.15) is 5.82 Å². The van der Waals surface area contributed by atoms with Crippen LogP contribution < -0.4 is 0 Å². The molecule has 132 valence electrons. The Morgan fingerprint density at radius 3 is 2.67 bits per heavy atom. The van der Waals surface area contributed by atoms with Gasteiger partial charge in [-0.2, -0.15) is 0 Å². The highest BCUT2D eigenvalue weighted by Crippen LogP contribution is 2.40. The van der Waals surface area contributed by atoms with Gasteiger partial charge in [0, 0.05) is 25.0 Å². The van der Waals surface area contributed by atoms with E-state index in [1.54, 1.807) is 12.1 Å². The fourth-order valence-electron chi connectivity index (χ4n) is 4.26. The number of hydrogen-bond donors (Lipinski definition) is 0. The number of amides is 1. The third-order valence-corrected chi connectivity index (χ3v) is 5.77. The third kappa shape index (κ3) is 3.80. The number of benzene rings is 1. The van der Waals surface area contributed by atoms with E-state index in [0.717, 1.165) is 44.3 Å². The monoisotopic (exact) mass is 332 g/mol. The average Bonchev–Trinajstić information content (AvgIpc) is 2.76. The first kappa shape index (κ1) is 17.4. The van der Waals surface area contributed by atoms with Gasteiger partial charge in [0.15, 0.2) is 0 Å². The highest BCUT2D eigenvalue weighted by Gasteiger charge is 2.45. The Hall–Kier alpha value is -1.42. The molecule has 1 atom stereocenters. The van der Waals surface area contributed by atoms with Crippen LogP contribution in [0, 0.1) is 5.82 Å². The van der Waals surface area contributed by atoms with Crippen LogP contribution in [-0.2, 0) is 11.3 Å². The van der Waals surface area contributed by atoms with Crippen molar-refractivity contribution in [3.05, 3.63) is 35.6 Å². The van der Waals surface area contributed by atoms with Crippen molar-refractivity contribution in [2.24, 2.45) is 0 Å². The standard InChI is InChI=1S/C20H29FN2O/c1-2-3-13-22-14-4-10-20(12-15-22)11-9-19(24)23(20)16-17-5-7-18(21)8-6-17/h5-8H,2-4,9-16H2,1H3/t20-/m0/s1. The molecule has 2 aliphatic heterocycles. The molecule has 0 aromatic heterocycles. The van der Waals surface area contributed by atoms with E-state index in [1.807, 2.05) is 0 Å². The van der Waals surface area contributed by atoms with Crippen molar-refractivity contribution in [1.82, 2.24) is 9.80 Å². The molecule has 2 fully saturated rings. The molecule has 0 N–H and O–H groups in total. The van der Waals surface area contributed by atoms with Gasteiger partial charge >= 0.3 is 0 Å². The Bertz CT molecular complexity index is 559. The van der Waals surface area contributed by atoms with Crippen LogP contribution >= 0.6 is 0 Å². The minimum Gasteiger partial charge on any atom is -0.333 e. The number of carbonyl (C=O) groups excluding carboxylic acids is 1. The van der Waals surface area contributed by atoms with Crippen molar-refractivity contribution in [1.29, 1.82) is 0 Å². The molecule has 4 heteroatoms. The molecule has 24 heavy (non-hydrogen) atoms. The lowest BCUT2D eigenvalue weighted by Crippen LogP contribution is -2.46. The van der Waals surface area contributed by atoms with E-state index in [2.05, 4.69) is 16.7 Å². The molecule has 0 bridgehead atoms. The lowest BCUT2D eigenvalue weighted by Gasteiger charge is -2.38. The molecule has 3 nitrogen and oxygen atoms in total. The van der Waals surface area contributed by atoms with Gasteiger partial charge in [-0.3, -0.25) is 4.79 Å². The maximum absolute atomic E-state index is 13.1. The van der Waals surface area contributed by atoms with Gasteiger partial charge in [-0.1, -0.05) is 25.5 Å². The van der Waals surface area contributed by atoms with Gasteiger partial charge in [0.25, 0.3) is 0 Å². The van der Waals surface area contributed by atoms with E-state index in [1.165, 1.54) is 31.5 Å². The number of rotatable bonds is 5. The Morgan fingerprint density at radius 1 is 1.12 bits per heavy atom. The summed E-state index contributed by atoms with van der Waals surface area (Å²) in [5.41, 5.74) is 1.05. The molecular weight excluding hydrogens is 303 g/mol. The van der Waals surface area contributed by atoms with Crippen LogP contribution in [0.2, 0.25) is 0 Å². The SMILES string of the molecule is CCCCN1CCC[C@]2(CCC(=O)N2Cc2ccc(F)cc2)CC1. The summed E-state index contributed by atoms with van der Waals surface area (Å²) < 4.78 is 13.1. The number of unbranched alkanes of at least 4 members (excludes halogenated alkanes) is 1. The summed E-state index contributed by atoms with van der Waals surface area (Å²) in [7, 11) is 0. The van der Waals surface area contributed by atoms with Crippen molar-refractivity contribution >= 4 is 5.91 Å². The molecule has 2 saturated heterocycles. The van der Waals surface area contributed by atoms with E-state index in [-0.39, 0.29) is 17.3 Å². The molecule has 0 unspecified atom stereocenters. The van der Waals surface area contributed by atoms with Crippen LogP contribution in [0.1, 0.15) is 57.4 Å². The average molecular weight is 332 g/mol. The number of carbonyl (C=O) groups is 1. The van der Waals surface area contributed by atoms with E-state index < -0.39 is 0 Å². The zero-order valence-electron chi connectivity index (χ0n) is 14.8. The lowest BCUT2D eigenvalue weighted by molar-refractivity contribution is -0.132. The lowest BCUT2D eigenvalue weighted by atomic mass is 9.87. The molecule has 2 heterocycles. The van der Waals surface area contributed by atoms with Crippen LogP contribution in [0.5, 0.6) is 0 Å². The Labute approximate surface area is 144 Å². The minimum atomic E-state index is -0.220. The van der Waals surface area contributed by atoms with Crippen molar-refractivity contribution in [2.75, 3.05) is 19.6 Å². The summed E-state index contributed by atoms with van der Waals surface area (Å²) in [4.78, 5) is 17.2. The topological polar surface area (TPSA) is 23.6 Å². The molecule has 0 saturated carbocycles. The second-order valence-electron chi connectivity index (χ2n) is 7.38. The van der Waals surface area contributed by atoms with Gasteiger partial charge in [0.2, 0.25) is 5.91 Å². The normalized spacial score (nSPS) is 25.4. The zero-order valence-corrected chi connectivity index (χ0v) is 14.8. The molecule has 1 amide bonds. The minimum absolute atomic E-state index is 0.0203. The first-order valence-corrected chi connectivity index (χ1v) is 9.40. The van der Waals surface area contributed by atoms with Crippen LogP contribution in [0.3, 0.4) is 0 Å². The number of likely N-dealkylation sites (tertiary alicyclic amines) is 2. The number of nitrogens with zero attached hydrogens (tertiary/aromatic N) is 2. The van der Waals surface area contributed by atoms with E-state index in [0.29, 0.717) is 13.0 Å². The zero-order chi connectivity index (χ0) is 17.0. The molecule has 0 radical (unpaired) electrons. The summed E-state index contributed by atoms with van der Waals surface area (Å²) >= 11 is 0. The predicted octanol–water partition coefficient (Wildman–Crippen LogP) is 3.97. The molecule has 1 aromatic rings. The Balaban J connectivity index is 1.70. The van der Waals surface area contributed by atoms with E-state index >= 15 is 0 Å². The molecule has 2 aliphatic rings. The van der Waals surface area contributed by atoms with Gasteiger partial charge in [0.05, 0.1) is 0 Å². The largest absolute Gasteiger partial charge is 0.333 e. The predicted molar refractivity (Wildman–Crippen MR) is 94.1 cm³/mol. The number of halogens is 1. The summed E-state index contributed by atoms with van der Waals surface area (Å²) in [6.07, 6.45) is 7.47. The molecular formula is C20H29FN2O. The van der Waals surface area contributed by atoms with Crippen LogP contribution in [-0.4, -0.2) is 40.9 Å². The van der Waals surface area contributed by atoms with E-state index in [4.69, 9.17) is 0 Å². The maximum Gasteiger partial charge on any atom is 0.223 e. The van der Waals surface area contributed by atoms with Crippen LogP contribution in [0.15, 0.2) is 24.3 Å². The maximum atomic E-state index is 13.1. The first-order valence-electron chi connectivity index (χ1n) is 9.40. The fraction of sp³-hybridized carbons (Fsp3) is 0.650. The Morgan fingerprint density at radius 2 is 1.92 bits per heavy atom. The van der Waals surface area contributed by atoms with Crippen molar-refractivity contribution in [2.45, 2.75) is 64.0 Å². The third-order valence-electron chi connectivity index (χ3n) is 5.77. The second-order valence-corrected chi connectivity index (χ2v) is 7.38. The molecule has 0 aliphatic carbocycles. The van der Waals surface area contributed by atoms with Crippen molar-refractivity contribution < 1.29 is 9.18 Å². The highest BCUT2D eigenvalue weighted by molar-refractivity contribution is 5.79. The summed E-state index contributed by atoms with van der Waals surface area (Å²) in [6.45, 7) is 6.28. The van der Waals surface area contributed by atoms with Gasteiger partial charge in [-0.05, 0) is 62.9 Å². The van der Waals surface area contributed by atoms with Gasteiger partial charge in [-0.25, -0.2) is 4.39 Å². The fourth-order valence-corrected chi connectivity index (χ4v) is 4.26. The molecule has 3 rings (SSSR count). The highest BCUT2D eigenvalue weighted by atomic mass is 19.1. The van der Waals surface area contributed by atoms with Gasteiger partial charge in [-0.15, -0.1) is 0 Å². The van der Waals surface area contributed by atoms with Crippen LogP contribution in [0.25, 0.3) is 0 Å². The van der Waals surface area contributed by atoms with Gasteiger partial charge < -0.3 is 9.80 Å². The van der Waals surface area contributed by atoms with E-state index in [9.17, 15) is 9.18 Å². The first-order chi connectivity index (χ1) is 11.6. The Kier molecular flexibility index (Phi) is 5.54. The van der Waals surface area contributed by atoms with Crippen molar-refractivity contribution in [3.63, 3.8) is 0 Å². The number of hydrogen-bond acceptors (Lipinski definition) is 2. The van der Waals surface area contributed by atoms with Crippen molar-refractivity contribution in [3.8, 4) is 0 Å². The smallest absolute Gasteiger partial charge is 0.223 e. The quantitative estimate of drug-likeness (QED) is 0.814. The second kappa shape index (κ2) is 7.64.